The fraction of sp³-hybridized carbons (Fsp3) is 0. The first-order valence-electron chi connectivity index (χ1n) is 0. The third-order valence-corrected chi connectivity index (χ3v) is 0. The first-order valence-corrected chi connectivity index (χ1v) is 0. The van der Waals surface area contributed by atoms with E-state index < -0.39 is 0 Å². The monoisotopic (exact) mass is 193 g/mol. The molecule has 0 saturated heterocycles. The minimum atomic E-state index is 0. The molecule has 0 nitrogen and oxygen atoms in total. The molecule has 0 N–H and O–H groups in total. The fourth-order valence-electron chi connectivity index (χ4n) is 0. The van der Waals surface area contributed by atoms with Crippen LogP contribution in [-0.2, 0) is 22.4 Å². The molecule has 6 heavy (non-hydrogen) atoms. The van der Waals surface area contributed by atoms with E-state index in [1.165, 1.54) is 0 Å². The molecule has 0 aliphatic heterocycles. The van der Waals surface area contributed by atoms with E-state index in [-0.39, 0.29) is 45.9 Å². The van der Waals surface area contributed by atoms with Gasteiger partial charge in [0.2, 0.25) is 0 Å². The summed E-state index contributed by atoms with van der Waals surface area (Å²) in [7, 11) is 0. The van der Waals surface area contributed by atoms with Crippen molar-refractivity contribution >= 4 is 0 Å². The molecule has 0 unspecified atom stereocenters. The van der Waals surface area contributed by atoms with Gasteiger partial charge in [0.05, 0.1) is 0 Å². The van der Waals surface area contributed by atoms with Gasteiger partial charge in [-0.05, 0) is 0 Å². The van der Waals surface area contributed by atoms with E-state index in [1.54, 1.807) is 0 Å². The third-order valence-electron chi connectivity index (χ3n) is 0. The summed E-state index contributed by atoms with van der Waals surface area (Å²) in [6.45, 7) is 0. The number of rotatable bonds is 0. The van der Waals surface area contributed by atoms with E-state index in [0.717, 1.165) is 0 Å². The maximum atomic E-state index is 0. The van der Waals surface area contributed by atoms with Gasteiger partial charge >= 0.3 is 0 Å². The standard InChI is InChI=1S/5FH.Nb/h5*1H;. The van der Waals surface area contributed by atoms with E-state index in [4.69, 9.17) is 0 Å². The molecule has 0 aromatic heterocycles. The van der Waals surface area contributed by atoms with Gasteiger partial charge in [-0.1, -0.05) is 0 Å². The summed E-state index contributed by atoms with van der Waals surface area (Å²) < 4.78 is 0. The second-order valence-corrected chi connectivity index (χ2v) is 0. The maximum Gasteiger partial charge on any atom is 0 e. The molecule has 0 aliphatic rings. The van der Waals surface area contributed by atoms with Crippen LogP contribution < -0.4 is 0 Å². The SMILES string of the molecule is F.F.F.F.F.[Nb]. The Bertz CT molecular complexity index is 3.90. The molecule has 0 heterocycles. The van der Waals surface area contributed by atoms with Gasteiger partial charge in [0, 0.05) is 22.4 Å². The van der Waals surface area contributed by atoms with Crippen LogP contribution in [-0.4, -0.2) is 0 Å². The van der Waals surface area contributed by atoms with Crippen molar-refractivity contribution in [1.29, 1.82) is 0 Å². The van der Waals surface area contributed by atoms with Crippen LogP contribution >= 0.6 is 0 Å². The van der Waals surface area contributed by atoms with Gasteiger partial charge in [-0.2, -0.15) is 0 Å². The van der Waals surface area contributed by atoms with Crippen LogP contribution in [0.3, 0.4) is 0 Å². The van der Waals surface area contributed by atoms with E-state index in [0.29, 0.717) is 0 Å². The van der Waals surface area contributed by atoms with Crippen molar-refractivity contribution in [2.45, 2.75) is 0 Å². The summed E-state index contributed by atoms with van der Waals surface area (Å²) in [5.74, 6) is 0. The average Bonchev–Trinajstić information content (AvgIpc) is 0. The summed E-state index contributed by atoms with van der Waals surface area (Å²) in [6, 6.07) is 0. The van der Waals surface area contributed by atoms with Crippen LogP contribution in [0.15, 0.2) is 0 Å². The minimum Gasteiger partial charge on any atom is -0.269 e. The topological polar surface area (TPSA) is 0 Å². The molecule has 0 saturated carbocycles. The van der Waals surface area contributed by atoms with Crippen LogP contribution in [0.2, 0.25) is 0 Å². The summed E-state index contributed by atoms with van der Waals surface area (Å²) >= 11 is 0. The Balaban J connectivity index is 0. The zero-order valence-electron chi connectivity index (χ0n) is 2.49. The Morgan fingerprint density at radius 2 is 0.333 bits per heavy atom. The van der Waals surface area contributed by atoms with Crippen LogP contribution in [0.25, 0.3) is 0 Å². The molecule has 45 valence electrons. The maximum absolute atomic E-state index is 0. The first kappa shape index (κ1) is 1220. The average molecular weight is 193 g/mol. The van der Waals surface area contributed by atoms with Crippen LogP contribution in [0.5, 0.6) is 0 Å². The van der Waals surface area contributed by atoms with Crippen molar-refractivity contribution in [3.05, 3.63) is 0 Å². The molecule has 0 fully saturated rings. The Morgan fingerprint density at radius 1 is 0.333 bits per heavy atom. The number of hydrogen-bond acceptors (Lipinski definition) is 0. The fourth-order valence-corrected chi connectivity index (χ4v) is 0. The quantitative estimate of drug-likeness (QED) is 0.393. The number of halogens is 5. The summed E-state index contributed by atoms with van der Waals surface area (Å²) in [4.78, 5) is 0. The Labute approximate surface area is 46.6 Å². The zero-order chi connectivity index (χ0) is 0. The second-order valence-electron chi connectivity index (χ2n) is 0. The minimum absolute atomic E-state index is 0. The van der Waals surface area contributed by atoms with Gasteiger partial charge < -0.3 is 0 Å². The zero-order valence-corrected chi connectivity index (χ0v) is 4.69. The third kappa shape index (κ3) is 331. The molecule has 0 atom stereocenters. The van der Waals surface area contributed by atoms with Gasteiger partial charge in [-0.3, -0.25) is 23.5 Å². The molecule has 0 aromatic carbocycles. The first-order chi connectivity index (χ1) is 0. The van der Waals surface area contributed by atoms with Crippen LogP contribution in [0, 0.1) is 0 Å². The van der Waals surface area contributed by atoms with Crippen molar-refractivity contribution < 1.29 is 45.9 Å². The van der Waals surface area contributed by atoms with Gasteiger partial charge in [0.1, 0.15) is 0 Å². The van der Waals surface area contributed by atoms with Crippen LogP contribution in [0.1, 0.15) is 0 Å². The van der Waals surface area contributed by atoms with E-state index in [2.05, 4.69) is 0 Å². The molecule has 1 radical (unpaired) electrons. The molecule has 0 bridgehead atoms. The van der Waals surface area contributed by atoms with Crippen molar-refractivity contribution in [2.75, 3.05) is 0 Å². The molecule has 0 aromatic rings. The van der Waals surface area contributed by atoms with Gasteiger partial charge in [-0.15, -0.1) is 0 Å². The number of hydrogen-bond donors (Lipinski definition) is 0. The van der Waals surface area contributed by atoms with Crippen molar-refractivity contribution in [2.24, 2.45) is 0 Å². The van der Waals surface area contributed by atoms with E-state index in [9.17, 15) is 0 Å². The molecule has 0 aliphatic carbocycles. The van der Waals surface area contributed by atoms with Crippen molar-refractivity contribution in [3.8, 4) is 0 Å². The Morgan fingerprint density at radius 3 is 0.333 bits per heavy atom. The summed E-state index contributed by atoms with van der Waals surface area (Å²) in [5, 5.41) is 0. The van der Waals surface area contributed by atoms with Crippen molar-refractivity contribution in [3.63, 3.8) is 0 Å². The molecular weight excluding hydrogens is 188 g/mol. The molecular formula is H5F5Nb. The van der Waals surface area contributed by atoms with Gasteiger partial charge in [0.25, 0.3) is 0 Å². The predicted octanol–water partition coefficient (Wildman–Crippen LogP) is 0.760. The smallest absolute Gasteiger partial charge is 0 e. The Kier molecular flexibility index (Phi) is 139000. The van der Waals surface area contributed by atoms with E-state index >= 15 is 0 Å². The van der Waals surface area contributed by atoms with Crippen LogP contribution in [0.4, 0.5) is 23.5 Å². The predicted molar refractivity (Wildman–Crippen MR) is 12.5 cm³/mol. The largest absolute Gasteiger partial charge is 0.269 e. The van der Waals surface area contributed by atoms with Gasteiger partial charge in [-0.25, -0.2) is 0 Å². The molecule has 0 rings (SSSR count). The van der Waals surface area contributed by atoms with Crippen molar-refractivity contribution in [1.82, 2.24) is 0 Å². The van der Waals surface area contributed by atoms with Gasteiger partial charge in [0.15, 0.2) is 0 Å². The Hall–Kier alpha value is 0.390. The summed E-state index contributed by atoms with van der Waals surface area (Å²) in [6.07, 6.45) is 0. The van der Waals surface area contributed by atoms with E-state index in [1.807, 2.05) is 0 Å². The second kappa shape index (κ2) is 682. The molecule has 0 spiro atoms. The normalized spacial score (nSPS) is 0. The summed E-state index contributed by atoms with van der Waals surface area (Å²) in [5.41, 5.74) is 0. The molecule has 0 amide bonds. The molecule has 6 heteroatoms.